The molecule has 2 aromatic carbocycles. The summed E-state index contributed by atoms with van der Waals surface area (Å²) in [5.74, 6) is -0.210. The first-order valence-corrected chi connectivity index (χ1v) is 11.7. The Morgan fingerprint density at radius 3 is 2.62 bits per heavy atom. The van der Waals surface area contributed by atoms with Crippen molar-refractivity contribution in [3.63, 3.8) is 0 Å². The standard InChI is InChI=1S/C24H27N5O4S/c1-5-33-23(32)17-10-8-11-18(13-17)26-20(30)14-34-24-28-27-21(29(24)4)16(3)25-22(31)19-12-7-6-9-15(19)2/h6-13,16H,5,14H2,1-4H3,(H,25,31)(H,26,30). The zero-order valence-electron chi connectivity index (χ0n) is 19.5. The van der Waals surface area contributed by atoms with Crippen molar-refractivity contribution in [2.45, 2.75) is 32.0 Å². The van der Waals surface area contributed by atoms with E-state index in [2.05, 4.69) is 20.8 Å². The van der Waals surface area contributed by atoms with Gasteiger partial charge in [0.2, 0.25) is 5.91 Å². The lowest BCUT2D eigenvalue weighted by atomic mass is 10.1. The first-order chi connectivity index (χ1) is 16.3. The predicted molar refractivity (Wildman–Crippen MR) is 130 cm³/mol. The largest absolute Gasteiger partial charge is 0.462 e. The maximum Gasteiger partial charge on any atom is 0.338 e. The number of aryl methyl sites for hydroxylation is 1. The summed E-state index contributed by atoms with van der Waals surface area (Å²) in [6.07, 6.45) is 0. The Kier molecular flexibility index (Phi) is 8.42. The quantitative estimate of drug-likeness (QED) is 0.355. The summed E-state index contributed by atoms with van der Waals surface area (Å²) in [5, 5.41) is 14.6. The topological polar surface area (TPSA) is 115 Å². The van der Waals surface area contributed by atoms with Crippen LogP contribution in [0, 0.1) is 6.92 Å². The van der Waals surface area contributed by atoms with Crippen LogP contribution in [0.15, 0.2) is 53.7 Å². The molecule has 0 radical (unpaired) electrons. The number of rotatable bonds is 9. The summed E-state index contributed by atoms with van der Waals surface area (Å²) in [5.41, 5.74) is 2.37. The fraction of sp³-hybridized carbons (Fsp3) is 0.292. The van der Waals surface area contributed by atoms with Crippen molar-refractivity contribution in [3.8, 4) is 0 Å². The molecular formula is C24H27N5O4S. The van der Waals surface area contributed by atoms with Gasteiger partial charge < -0.3 is 19.9 Å². The van der Waals surface area contributed by atoms with Crippen LogP contribution >= 0.6 is 11.8 Å². The van der Waals surface area contributed by atoms with Crippen molar-refractivity contribution in [2.75, 3.05) is 17.7 Å². The van der Waals surface area contributed by atoms with Gasteiger partial charge in [-0.2, -0.15) is 0 Å². The van der Waals surface area contributed by atoms with Crippen molar-refractivity contribution in [1.29, 1.82) is 0 Å². The SMILES string of the molecule is CCOC(=O)c1cccc(NC(=O)CSc2nnc(C(C)NC(=O)c3ccccc3C)n2C)c1. The number of benzene rings is 2. The van der Waals surface area contributed by atoms with E-state index in [0.717, 1.165) is 5.56 Å². The number of nitrogens with one attached hydrogen (secondary N) is 2. The Morgan fingerprint density at radius 1 is 1.12 bits per heavy atom. The predicted octanol–water partition coefficient (Wildman–Crippen LogP) is 3.52. The number of anilines is 1. The van der Waals surface area contributed by atoms with E-state index < -0.39 is 5.97 Å². The van der Waals surface area contributed by atoms with E-state index in [4.69, 9.17) is 4.74 Å². The lowest BCUT2D eigenvalue weighted by molar-refractivity contribution is -0.113. The Bertz CT molecular complexity index is 1190. The van der Waals surface area contributed by atoms with E-state index in [1.165, 1.54) is 11.8 Å². The molecule has 0 aliphatic rings. The number of ether oxygens (including phenoxy) is 1. The van der Waals surface area contributed by atoms with Crippen LogP contribution in [0.25, 0.3) is 0 Å². The third kappa shape index (κ3) is 6.22. The van der Waals surface area contributed by atoms with Crippen LogP contribution < -0.4 is 10.6 Å². The van der Waals surface area contributed by atoms with Gasteiger partial charge in [-0.1, -0.05) is 36.0 Å². The highest BCUT2D eigenvalue weighted by atomic mass is 32.2. The number of esters is 1. The minimum atomic E-state index is -0.441. The fourth-order valence-electron chi connectivity index (χ4n) is 3.26. The molecule has 3 rings (SSSR count). The maximum absolute atomic E-state index is 12.6. The van der Waals surface area contributed by atoms with Gasteiger partial charge in [0.25, 0.3) is 5.91 Å². The normalized spacial score (nSPS) is 11.5. The minimum Gasteiger partial charge on any atom is -0.462 e. The van der Waals surface area contributed by atoms with E-state index in [0.29, 0.717) is 27.8 Å². The molecule has 1 unspecified atom stereocenters. The van der Waals surface area contributed by atoms with Crippen LogP contribution in [-0.4, -0.2) is 44.9 Å². The number of carbonyl (C=O) groups excluding carboxylic acids is 3. The molecule has 0 aliphatic carbocycles. The van der Waals surface area contributed by atoms with E-state index >= 15 is 0 Å². The summed E-state index contributed by atoms with van der Waals surface area (Å²) < 4.78 is 6.74. The van der Waals surface area contributed by atoms with Crippen molar-refractivity contribution in [2.24, 2.45) is 7.05 Å². The van der Waals surface area contributed by atoms with Crippen LogP contribution in [0.1, 0.15) is 52.0 Å². The maximum atomic E-state index is 12.6. The zero-order valence-corrected chi connectivity index (χ0v) is 20.3. The molecule has 2 N–H and O–H groups in total. The Labute approximate surface area is 202 Å². The third-order valence-corrected chi connectivity index (χ3v) is 6.00. The highest BCUT2D eigenvalue weighted by molar-refractivity contribution is 7.99. The first kappa shape index (κ1) is 25.0. The molecule has 10 heteroatoms. The number of hydrogen-bond acceptors (Lipinski definition) is 7. The molecule has 3 aromatic rings. The third-order valence-electron chi connectivity index (χ3n) is 4.98. The van der Waals surface area contributed by atoms with Gasteiger partial charge >= 0.3 is 5.97 Å². The van der Waals surface area contributed by atoms with Crippen molar-refractivity contribution >= 4 is 35.2 Å². The van der Waals surface area contributed by atoms with Gasteiger partial charge in [-0.05, 0) is 50.6 Å². The molecule has 1 heterocycles. The molecule has 0 bridgehead atoms. The first-order valence-electron chi connectivity index (χ1n) is 10.8. The van der Waals surface area contributed by atoms with E-state index in [1.54, 1.807) is 48.9 Å². The van der Waals surface area contributed by atoms with Gasteiger partial charge in [0.15, 0.2) is 11.0 Å². The van der Waals surface area contributed by atoms with Crippen molar-refractivity contribution in [1.82, 2.24) is 20.1 Å². The second-order valence-electron chi connectivity index (χ2n) is 7.55. The van der Waals surface area contributed by atoms with Crippen LogP contribution in [0.3, 0.4) is 0 Å². The molecule has 0 aliphatic heterocycles. The summed E-state index contributed by atoms with van der Waals surface area (Å²) in [6.45, 7) is 5.73. The monoisotopic (exact) mass is 481 g/mol. The summed E-state index contributed by atoms with van der Waals surface area (Å²) in [4.78, 5) is 36.9. The molecule has 178 valence electrons. The molecule has 0 saturated carbocycles. The molecular weight excluding hydrogens is 454 g/mol. The minimum absolute atomic E-state index is 0.0968. The number of hydrogen-bond donors (Lipinski definition) is 2. The summed E-state index contributed by atoms with van der Waals surface area (Å²) >= 11 is 1.22. The van der Waals surface area contributed by atoms with Gasteiger partial charge in [-0.3, -0.25) is 9.59 Å². The highest BCUT2D eigenvalue weighted by Crippen LogP contribution is 2.20. The number of thioether (sulfide) groups is 1. The average molecular weight is 482 g/mol. The molecule has 9 nitrogen and oxygen atoms in total. The molecule has 0 fully saturated rings. The molecule has 2 amide bonds. The van der Waals surface area contributed by atoms with Crippen LogP contribution in [0.2, 0.25) is 0 Å². The van der Waals surface area contributed by atoms with Crippen molar-refractivity contribution < 1.29 is 19.1 Å². The molecule has 0 saturated heterocycles. The Hall–Kier alpha value is -3.66. The lowest BCUT2D eigenvalue weighted by Gasteiger charge is -2.14. The van der Waals surface area contributed by atoms with Crippen LogP contribution in [0.5, 0.6) is 0 Å². The van der Waals surface area contributed by atoms with E-state index in [9.17, 15) is 14.4 Å². The van der Waals surface area contributed by atoms with Crippen LogP contribution in [0.4, 0.5) is 5.69 Å². The highest BCUT2D eigenvalue weighted by Gasteiger charge is 2.20. The molecule has 34 heavy (non-hydrogen) atoms. The summed E-state index contributed by atoms with van der Waals surface area (Å²) in [6, 6.07) is 13.6. The zero-order chi connectivity index (χ0) is 24.7. The number of aromatic nitrogens is 3. The lowest BCUT2D eigenvalue weighted by Crippen LogP contribution is -2.29. The average Bonchev–Trinajstić information content (AvgIpc) is 3.18. The summed E-state index contributed by atoms with van der Waals surface area (Å²) in [7, 11) is 1.79. The van der Waals surface area contributed by atoms with Gasteiger partial charge in [-0.15, -0.1) is 10.2 Å². The van der Waals surface area contributed by atoms with E-state index in [1.807, 2.05) is 32.0 Å². The molecule has 0 spiro atoms. The van der Waals surface area contributed by atoms with Crippen molar-refractivity contribution in [3.05, 3.63) is 71.0 Å². The Morgan fingerprint density at radius 2 is 1.88 bits per heavy atom. The van der Waals surface area contributed by atoms with Gasteiger partial charge in [0, 0.05) is 18.3 Å². The number of amides is 2. The fourth-order valence-corrected chi connectivity index (χ4v) is 3.98. The molecule has 1 aromatic heterocycles. The second-order valence-corrected chi connectivity index (χ2v) is 8.49. The smallest absolute Gasteiger partial charge is 0.338 e. The van der Waals surface area contributed by atoms with E-state index in [-0.39, 0.29) is 30.2 Å². The van der Waals surface area contributed by atoms with Crippen LogP contribution in [-0.2, 0) is 16.6 Å². The van der Waals surface area contributed by atoms with Gasteiger partial charge in [0.05, 0.1) is 24.0 Å². The molecule has 1 atom stereocenters. The number of nitrogens with zero attached hydrogens (tertiary/aromatic N) is 3. The number of carbonyl (C=O) groups is 3. The second kappa shape index (κ2) is 11.5. The van der Waals surface area contributed by atoms with Gasteiger partial charge in [-0.25, -0.2) is 4.79 Å². The Balaban J connectivity index is 1.57. The van der Waals surface area contributed by atoms with Gasteiger partial charge in [0.1, 0.15) is 0 Å².